The quantitative estimate of drug-likeness (QED) is 0.446. The van der Waals surface area contributed by atoms with Crippen LogP contribution in [0.1, 0.15) is 36.0 Å². The molecular formula is C23H25O3PS. The summed E-state index contributed by atoms with van der Waals surface area (Å²) in [5, 5.41) is -0.609. The zero-order valence-corrected chi connectivity index (χ0v) is 17.9. The Morgan fingerprint density at radius 1 is 0.821 bits per heavy atom. The Bertz CT molecular complexity index is 935. The van der Waals surface area contributed by atoms with Gasteiger partial charge in [0.2, 0.25) is 0 Å². The van der Waals surface area contributed by atoms with Crippen LogP contribution >= 0.6 is 8.81 Å². The summed E-state index contributed by atoms with van der Waals surface area (Å²) in [6.07, 6.45) is 1.96. The smallest absolute Gasteiger partial charge is 0.250 e. The maximum Gasteiger partial charge on any atom is 0.267 e. The van der Waals surface area contributed by atoms with Gasteiger partial charge in [0.1, 0.15) is 0 Å². The Morgan fingerprint density at radius 2 is 1.25 bits per heavy atom. The van der Waals surface area contributed by atoms with Crippen LogP contribution in [0.2, 0.25) is 0 Å². The van der Waals surface area contributed by atoms with Crippen molar-refractivity contribution in [3.05, 3.63) is 108 Å². The summed E-state index contributed by atoms with van der Waals surface area (Å²) in [7, 11) is -3.86. The largest absolute Gasteiger partial charge is 0.267 e. The summed E-state index contributed by atoms with van der Waals surface area (Å²) in [5.74, 6) is 0.0542. The van der Waals surface area contributed by atoms with Crippen LogP contribution in [0.15, 0.2) is 91.0 Å². The number of rotatable bonds is 8. The first-order chi connectivity index (χ1) is 13.5. The van der Waals surface area contributed by atoms with E-state index in [9.17, 15) is 8.42 Å². The predicted molar refractivity (Wildman–Crippen MR) is 117 cm³/mol. The van der Waals surface area contributed by atoms with Crippen molar-refractivity contribution in [1.29, 1.82) is 0 Å². The Hall–Kier alpha value is -2.00. The highest BCUT2D eigenvalue weighted by Crippen LogP contribution is 2.58. The fourth-order valence-electron chi connectivity index (χ4n) is 3.78. The molecule has 0 fully saturated rings. The number of hydrogen-bond donors (Lipinski definition) is 0. The molecule has 3 nitrogen and oxygen atoms in total. The standard InChI is InChI=1S/C23H25O3PS/c1-3-22(19-13-7-4-8-14-19)23(27-26-28(2,24)25,20-15-9-5-10-16-20)21-17-11-6-12-18-21/h4-18,22,27H,3H2,1-2H3. The lowest BCUT2D eigenvalue weighted by molar-refractivity contribution is 0.482. The Morgan fingerprint density at radius 3 is 1.64 bits per heavy atom. The highest BCUT2D eigenvalue weighted by atomic mass is 32.2. The third-order valence-corrected chi connectivity index (χ3v) is 7.74. The molecule has 5 heteroatoms. The molecule has 0 saturated carbocycles. The summed E-state index contributed by atoms with van der Waals surface area (Å²) < 4.78 is 29.5. The second-order valence-electron chi connectivity index (χ2n) is 6.80. The molecule has 0 saturated heterocycles. The first-order valence-corrected chi connectivity index (χ1v) is 12.0. The monoisotopic (exact) mass is 412 g/mol. The molecule has 0 bridgehead atoms. The molecule has 28 heavy (non-hydrogen) atoms. The molecule has 0 amide bonds. The molecule has 3 rings (SSSR count). The summed E-state index contributed by atoms with van der Waals surface area (Å²) >= 11 is 0. The predicted octanol–water partition coefficient (Wildman–Crippen LogP) is 5.69. The summed E-state index contributed by atoms with van der Waals surface area (Å²) in [5.41, 5.74) is 3.28. The molecule has 2 unspecified atom stereocenters. The normalized spacial score (nSPS) is 13.6. The minimum atomic E-state index is -3.58. The molecule has 0 heterocycles. The molecule has 0 N–H and O–H groups in total. The molecule has 3 aromatic carbocycles. The third kappa shape index (κ3) is 4.52. The zero-order chi connectivity index (χ0) is 20.0. The van der Waals surface area contributed by atoms with Gasteiger partial charge in [-0.3, -0.25) is 0 Å². The average molecular weight is 412 g/mol. The van der Waals surface area contributed by atoms with Gasteiger partial charge in [-0.05, 0) is 23.1 Å². The van der Waals surface area contributed by atoms with Crippen molar-refractivity contribution >= 4 is 18.9 Å². The van der Waals surface area contributed by atoms with Crippen molar-refractivity contribution < 1.29 is 12.4 Å². The average Bonchev–Trinajstić information content (AvgIpc) is 2.72. The summed E-state index contributed by atoms with van der Waals surface area (Å²) in [6, 6.07) is 30.5. The van der Waals surface area contributed by atoms with Gasteiger partial charge in [-0.2, -0.15) is 8.42 Å². The van der Waals surface area contributed by atoms with E-state index < -0.39 is 15.3 Å². The molecule has 2 atom stereocenters. The summed E-state index contributed by atoms with van der Waals surface area (Å²) in [4.78, 5) is 0. The van der Waals surface area contributed by atoms with E-state index in [4.69, 9.17) is 3.97 Å². The third-order valence-electron chi connectivity index (χ3n) is 4.95. The maximum atomic E-state index is 12.0. The van der Waals surface area contributed by atoms with Gasteiger partial charge in [-0.25, -0.2) is 3.97 Å². The fourth-order valence-corrected chi connectivity index (χ4v) is 5.99. The van der Waals surface area contributed by atoms with Crippen LogP contribution in [-0.4, -0.2) is 14.7 Å². The topological polar surface area (TPSA) is 43.4 Å². The first kappa shape index (κ1) is 20.7. The van der Waals surface area contributed by atoms with Crippen LogP contribution in [-0.2, 0) is 19.2 Å². The van der Waals surface area contributed by atoms with Crippen molar-refractivity contribution in [1.82, 2.24) is 0 Å². The molecule has 0 radical (unpaired) electrons. The van der Waals surface area contributed by atoms with Crippen molar-refractivity contribution in [2.45, 2.75) is 24.4 Å². The minimum absolute atomic E-state index is 0.0542. The molecule has 0 aliphatic heterocycles. The van der Waals surface area contributed by atoms with E-state index in [-0.39, 0.29) is 14.7 Å². The Balaban J connectivity index is 2.28. The van der Waals surface area contributed by atoms with Crippen molar-refractivity contribution in [2.24, 2.45) is 0 Å². The summed E-state index contributed by atoms with van der Waals surface area (Å²) in [6.45, 7) is 2.14. The fraction of sp³-hybridized carbons (Fsp3) is 0.217. The SMILES string of the molecule is CCC(c1ccccc1)C(POS(C)(=O)=O)(c1ccccc1)c1ccccc1. The van der Waals surface area contributed by atoms with Gasteiger partial charge in [0.15, 0.2) is 0 Å². The van der Waals surface area contributed by atoms with Crippen LogP contribution < -0.4 is 0 Å². The molecule has 3 aromatic rings. The van der Waals surface area contributed by atoms with E-state index in [2.05, 4.69) is 43.3 Å². The molecule has 146 valence electrons. The molecule has 0 spiro atoms. The van der Waals surface area contributed by atoms with Crippen LogP contribution in [0.3, 0.4) is 0 Å². The number of benzene rings is 3. The molecular weight excluding hydrogens is 387 g/mol. The first-order valence-electron chi connectivity index (χ1n) is 9.29. The van der Waals surface area contributed by atoms with E-state index in [1.165, 1.54) is 5.56 Å². The molecule has 0 aromatic heterocycles. The second-order valence-corrected chi connectivity index (χ2v) is 9.87. The van der Waals surface area contributed by atoms with E-state index >= 15 is 0 Å². The van der Waals surface area contributed by atoms with Crippen molar-refractivity contribution in [3.63, 3.8) is 0 Å². The van der Waals surface area contributed by atoms with Gasteiger partial charge in [0.05, 0.1) is 20.2 Å². The van der Waals surface area contributed by atoms with Gasteiger partial charge < -0.3 is 0 Å². The van der Waals surface area contributed by atoms with Gasteiger partial charge in [-0.1, -0.05) is 97.9 Å². The van der Waals surface area contributed by atoms with Gasteiger partial charge in [-0.15, -0.1) is 0 Å². The van der Waals surface area contributed by atoms with E-state index in [1.54, 1.807) is 0 Å². The van der Waals surface area contributed by atoms with Gasteiger partial charge >= 0.3 is 0 Å². The molecule has 0 aliphatic rings. The molecule has 0 aliphatic carbocycles. The highest BCUT2D eigenvalue weighted by molar-refractivity contribution is 7.88. The second kappa shape index (κ2) is 9.00. The van der Waals surface area contributed by atoms with Gasteiger partial charge in [0.25, 0.3) is 10.1 Å². The maximum absolute atomic E-state index is 12.0. The lowest BCUT2D eigenvalue weighted by Crippen LogP contribution is -2.31. The van der Waals surface area contributed by atoms with Crippen LogP contribution in [0.25, 0.3) is 0 Å². The number of hydrogen-bond acceptors (Lipinski definition) is 3. The van der Waals surface area contributed by atoms with Crippen LogP contribution in [0, 0.1) is 0 Å². The van der Waals surface area contributed by atoms with Crippen molar-refractivity contribution in [3.8, 4) is 0 Å². The van der Waals surface area contributed by atoms with E-state index in [1.807, 2.05) is 54.6 Å². The minimum Gasteiger partial charge on any atom is -0.250 e. The Labute approximate surface area is 169 Å². The van der Waals surface area contributed by atoms with Crippen LogP contribution in [0.4, 0.5) is 0 Å². The van der Waals surface area contributed by atoms with Gasteiger partial charge in [0, 0.05) is 5.92 Å². The highest BCUT2D eigenvalue weighted by Gasteiger charge is 2.43. The Kier molecular flexibility index (Phi) is 6.66. The lowest BCUT2D eigenvalue weighted by Gasteiger charge is -2.41. The zero-order valence-electron chi connectivity index (χ0n) is 16.1. The van der Waals surface area contributed by atoms with Crippen LogP contribution in [0.5, 0.6) is 0 Å². The van der Waals surface area contributed by atoms with E-state index in [0.717, 1.165) is 23.8 Å². The lowest BCUT2D eigenvalue weighted by atomic mass is 9.75. The van der Waals surface area contributed by atoms with E-state index in [0.29, 0.717) is 0 Å². The van der Waals surface area contributed by atoms with Crippen molar-refractivity contribution in [2.75, 3.05) is 6.26 Å².